The first-order valence-corrected chi connectivity index (χ1v) is 9.17. The number of thiazole rings is 1. The van der Waals surface area contributed by atoms with E-state index >= 15 is 0 Å². The number of rotatable bonds is 9. The highest BCUT2D eigenvalue weighted by Gasteiger charge is 2.20. The molecule has 0 spiro atoms. The van der Waals surface area contributed by atoms with E-state index in [0.29, 0.717) is 19.0 Å². The fourth-order valence-corrected chi connectivity index (χ4v) is 3.56. The van der Waals surface area contributed by atoms with Crippen LogP contribution in [-0.4, -0.2) is 43.1 Å². The molecule has 1 aliphatic rings. The van der Waals surface area contributed by atoms with E-state index in [9.17, 15) is 8.42 Å². The Hall–Kier alpha value is -0.500. The lowest BCUT2D eigenvalue weighted by atomic mass is 10.3. The second kappa shape index (κ2) is 6.78. The van der Waals surface area contributed by atoms with Crippen LogP contribution in [0.5, 0.6) is 0 Å². The zero-order chi connectivity index (χ0) is 13.7. The Morgan fingerprint density at radius 3 is 2.89 bits per heavy atom. The molecule has 1 aromatic rings. The highest BCUT2D eigenvalue weighted by Crippen LogP contribution is 2.18. The summed E-state index contributed by atoms with van der Waals surface area (Å²) in [6.45, 7) is 1.29. The van der Waals surface area contributed by atoms with E-state index in [-0.39, 0.29) is 5.75 Å². The number of aromatic nitrogens is 1. The summed E-state index contributed by atoms with van der Waals surface area (Å²) in [6, 6.07) is 0.698. The summed E-state index contributed by atoms with van der Waals surface area (Å²) in [6.07, 6.45) is 4.17. The maximum absolute atomic E-state index is 12.0. The first kappa shape index (κ1) is 14.9. The van der Waals surface area contributed by atoms with Crippen LogP contribution in [-0.2, 0) is 16.6 Å². The topological polar surface area (TPSA) is 62.3 Å². The smallest absolute Gasteiger partial charge is 0.214 e. The van der Waals surface area contributed by atoms with Crippen LogP contribution in [0.3, 0.4) is 0 Å². The predicted octanol–water partition coefficient (Wildman–Crippen LogP) is 1.44. The molecule has 0 radical (unpaired) electrons. The number of sulfonamides is 1. The molecule has 19 heavy (non-hydrogen) atoms. The fourth-order valence-electron chi connectivity index (χ4n) is 1.80. The third-order valence-electron chi connectivity index (χ3n) is 3.18. The van der Waals surface area contributed by atoms with E-state index in [1.165, 1.54) is 28.5 Å². The van der Waals surface area contributed by atoms with Crippen molar-refractivity contribution < 1.29 is 8.42 Å². The minimum absolute atomic E-state index is 0.222. The summed E-state index contributed by atoms with van der Waals surface area (Å²) in [5.74, 6) is 0.222. The van der Waals surface area contributed by atoms with Crippen molar-refractivity contribution in [1.82, 2.24) is 14.6 Å². The lowest BCUT2D eigenvalue weighted by molar-refractivity contribution is 0.460. The average molecular weight is 303 g/mol. The Bertz CT molecular complexity index is 469. The van der Waals surface area contributed by atoms with Gasteiger partial charge < -0.3 is 5.32 Å². The summed E-state index contributed by atoms with van der Waals surface area (Å²) in [4.78, 5) is 4.11. The van der Waals surface area contributed by atoms with Gasteiger partial charge in [-0.05, 0) is 32.2 Å². The van der Waals surface area contributed by atoms with Crippen LogP contribution in [0.1, 0.15) is 31.4 Å². The molecule has 1 fully saturated rings. The molecule has 1 aromatic heterocycles. The SMILES string of the molecule is CN(Cc1cscn1)S(=O)(=O)CCCCNC1CC1. The van der Waals surface area contributed by atoms with Gasteiger partial charge in [0.1, 0.15) is 0 Å². The van der Waals surface area contributed by atoms with Crippen molar-refractivity contribution in [3.63, 3.8) is 0 Å². The molecule has 2 rings (SSSR count). The Balaban J connectivity index is 1.67. The molecule has 108 valence electrons. The summed E-state index contributed by atoms with van der Waals surface area (Å²) in [5.41, 5.74) is 2.53. The van der Waals surface area contributed by atoms with Crippen molar-refractivity contribution in [1.29, 1.82) is 0 Å². The van der Waals surface area contributed by atoms with Gasteiger partial charge in [-0.15, -0.1) is 11.3 Å². The first-order chi connectivity index (χ1) is 9.08. The second-order valence-corrected chi connectivity index (χ2v) is 7.90. The Morgan fingerprint density at radius 1 is 1.47 bits per heavy atom. The molecule has 0 aliphatic heterocycles. The molecular formula is C12H21N3O2S2. The summed E-state index contributed by atoms with van der Waals surface area (Å²) in [7, 11) is -1.53. The molecule has 0 amide bonds. The molecule has 1 heterocycles. The molecule has 0 unspecified atom stereocenters. The molecule has 0 aromatic carbocycles. The van der Waals surface area contributed by atoms with Crippen LogP contribution in [0.4, 0.5) is 0 Å². The van der Waals surface area contributed by atoms with Gasteiger partial charge in [0.25, 0.3) is 0 Å². The first-order valence-electron chi connectivity index (χ1n) is 6.62. The monoisotopic (exact) mass is 303 g/mol. The summed E-state index contributed by atoms with van der Waals surface area (Å²) < 4.78 is 25.5. The molecule has 1 N–H and O–H groups in total. The van der Waals surface area contributed by atoms with Crippen LogP contribution in [0.25, 0.3) is 0 Å². The average Bonchev–Trinajstić information content (AvgIpc) is 3.04. The number of hydrogen-bond donors (Lipinski definition) is 1. The quantitative estimate of drug-likeness (QED) is 0.701. The lowest BCUT2D eigenvalue weighted by Gasteiger charge is -2.15. The summed E-state index contributed by atoms with van der Waals surface area (Å²) >= 11 is 1.48. The predicted molar refractivity (Wildman–Crippen MR) is 77.6 cm³/mol. The second-order valence-electron chi connectivity index (χ2n) is 4.99. The van der Waals surface area contributed by atoms with Crippen LogP contribution in [0.15, 0.2) is 10.9 Å². The van der Waals surface area contributed by atoms with E-state index in [2.05, 4.69) is 10.3 Å². The Morgan fingerprint density at radius 2 is 2.26 bits per heavy atom. The third-order valence-corrected chi connectivity index (χ3v) is 5.70. The van der Waals surface area contributed by atoms with E-state index in [1.54, 1.807) is 12.6 Å². The zero-order valence-electron chi connectivity index (χ0n) is 11.2. The van der Waals surface area contributed by atoms with Crippen molar-refractivity contribution >= 4 is 21.4 Å². The van der Waals surface area contributed by atoms with Gasteiger partial charge in [0.15, 0.2) is 0 Å². The van der Waals surface area contributed by atoms with Gasteiger partial charge in [-0.3, -0.25) is 0 Å². The van der Waals surface area contributed by atoms with Crippen molar-refractivity contribution in [2.45, 2.75) is 38.3 Å². The van der Waals surface area contributed by atoms with Crippen LogP contribution < -0.4 is 5.32 Å². The van der Waals surface area contributed by atoms with Crippen molar-refractivity contribution in [3.05, 3.63) is 16.6 Å². The Kier molecular flexibility index (Phi) is 5.32. The van der Waals surface area contributed by atoms with Gasteiger partial charge in [-0.2, -0.15) is 4.31 Å². The summed E-state index contributed by atoms with van der Waals surface area (Å²) in [5, 5.41) is 5.27. The van der Waals surface area contributed by atoms with E-state index < -0.39 is 10.0 Å². The fraction of sp³-hybridized carbons (Fsp3) is 0.750. The van der Waals surface area contributed by atoms with E-state index in [4.69, 9.17) is 0 Å². The van der Waals surface area contributed by atoms with Crippen molar-refractivity contribution in [2.75, 3.05) is 19.3 Å². The number of nitrogens with zero attached hydrogens (tertiary/aromatic N) is 2. The zero-order valence-corrected chi connectivity index (χ0v) is 12.8. The van der Waals surface area contributed by atoms with Crippen LogP contribution >= 0.6 is 11.3 Å². The molecule has 1 saturated carbocycles. The van der Waals surface area contributed by atoms with Gasteiger partial charge in [0.2, 0.25) is 10.0 Å². The largest absolute Gasteiger partial charge is 0.314 e. The van der Waals surface area contributed by atoms with E-state index in [1.807, 2.05) is 5.38 Å². The molecule has 0 atom stereocenters. The highest BCUT2D eigenvalue weighted by molar-refractivity contribution is 7.89. The van der Waals surface area contributed by atoms with Gasteiger partial charge in [0.05, 0.1) is 23.5 Å². The van der Waals surface area contributed by atoms with Gasteiger partial charge in [-0.25, -0.2) is 13.4 Å². The number of unbranched alkanes of at least 4 members (excludes halogenated alkanes) is 1. The molecule has 0 bridgehead atoms. The normalized spacial score (nSPS) is 16.1. The van der Waals surface area contributed by atoms with Gasteiger partial charge in [-0.1, -0.05) is 0 Å². The third kappa shape index (κ3) is 5.18. The molecule has 0 saturated heterocycles. The number of nitrogens with one attached hydrogen (secondary N) is 1. The lowest BCUT2D eigenvalue weighted by Crippen LogP contribution is -2.29. The Labute approximate surface area is 119 Å². The van der Waals surface area contributed by atoms with Crippen LogP contribution in [0, 0.1) is 0 Å². The molecule has 7 heteroatoms. The highest BCUT2D eigenvalue weighted by atomic mass is 32.2. The van der Waals surface area contributed by atoms with Crippen molar-refractivity contribution in [2.24, 2.45) is 0 Å². The molecular weight excluding hydrogens is 282 g/mol. The van der Waals surface area contributed by atoms with Crippen molar-refractivity contribution in [3.8, 4) is 0 Å². The van der Waals surface area contributed by atoms with E-state index in [0.717, 1.165) is 18.7 Å². The minimum atomic E-state index is -3.15. The van der Waals surface area contributed by atoms with Gasteiger partial charge in [0, 0.05) is 18.5 Å². The standard InChI is InChI=1S/C12H21N3O2S2/c1-15(8-12-9-18-10-14-12)19(16,17)7-3-2-6-13-11-4-5-11/h9-11,13H,2-8H2,1H3. The minimum Gasteiger partial charge on any atom is -0.314 e. The maximum atomic E-state index is 12.0. The van der Waals surface area contributed by atoms with Crippen LogP contribution in [0.2, 0.25) is 0 Å². The molecule has 5 nitrogen and oxygen atoms in total. The molecule has 1 aliphatic carbocycles. The van der Waals surface area contributed by atoms with Gasteiger partial charge >= 0.3 is 0 Å². The number of hydrogen-bond acceptors (Lipinski definition) is 5. The maximum Gasteiger partial charge on any atom is 0.214 e.